The number of carbonyl (C=O) groups is 1. The van der Waals surface area contributed by atoms with Gasteiger partial charge in [0.25, 0.3) is 0 Å². The van der Waals surface area contributed by atoms with Crippen LogP contribution in [-0.2, 0) is 4.74 Å². The minimum Gasteiger partial charge on any atom is -0.444 e. The van der Waals surface area contributed by atoms with Gasteiger partial charge in [0.15, 0.2) is 0 Å². The second-order valence-electron chi connectivity index (χ2n) is 7.17. The van der Waals surface area contributed by atoms with Gasteiger partial charge in [-0.3, -0.25) is 0 Å². The molecule has 1 saturated heterocycles. The van der Waals surface area contributed by atoms with Gasteiger partial charge in [-0.15, -0.1) is 0 Å². The summed E-state index contributed by atoms with van der Waals surface area (Å²) in [6.45, 7) is 7.78. The van der Waals surface area contributed by atoms with Crippen molar-refractivity contribution in [2.45, 2.75) is 97.0 Å². The molecule has 1 amide bonds. The van der Waals surface area contributed by atoms with Crippen LogP contribution in [0.25, 0.3) is 0 Å². The second kappa shape index (κ2) is 13.9. The first kappa shape index (κ1) is 21.2. The summed E-state index contributed by atoms with van der Waals surface area (Å²) in [6, 6.07) is 0. The fourth-order valence-corrected chi connectivity index (χ4v) is 2.52. The van der Waals surface area contributed by atoms with E-state index in [2.05, 4.69) is 10.1 Å². The van der Waals surface area contributed by atoms with E-state index in [9.17, 15) is 4.79 Å². The number of carbonyl (C=O) groups excluding carboxylic acids is 1. The summed E-state index contributed by atoms with van der Waals surface area (Å²) in [5.74, 6) is 0. The third-order valence-electron chi connectivity index (χ3n) is 3.61. The number of ether oxygens (including phenoxy) is 1. The van der Waals surface area contributed by atoms with Crippen LogP contribution in [0.4, 0.5) is 4.79 Å². The fourth-order valence-electron chi connectivity index (χ4n) is 2.52. The number of primary amides is 1. The molecule has 0 unspecified atom stereocenters. The Morgan fingerprint density at radius 2 is 1.09 bits per heavy atom. The average Bonchev–Trinajstić information content (AvgIpc) is 2.39. The molecule has 0 radical (unpaired) electrons. The molecule has 0 bridgehead atoms. The summed E-state index contributed by atoms with van der Waals surface area (Å²) in [4.78, 5) is 10.0. The van der Waals surface area contributed by atoms with E-state index < -0.39 is 11.7 Å². The van der Waals surface area contributed by atoms with Crippen LogP contribution >= 0.6 is 0 Å². The topological polar surface area (TPSA) is 64.3 Å². The molecule has 0 spiro atoms. The summed E-state index contributed by atoms with van der Waals surface area (Å²) in [5, 5.41) is 3.54. The van der Waals surface area contributed by atoms with Crippen molar-refractivity contribution in [1.29, 1.82) is 0 Å². The van der Waals surface area contributed by atoms with E-state index in [4.69, 9.17) is 5.73 Å². The van der Waals surface area contributed by atoms with Gasteiger partial charge < -0.3 is 15.8 Å². The lowest BCUT2D eigenvalue weighted by molar-refractivity contribution is 0.0600. The Balaban J connectivity index is 0.000000472. The predicted molar refractivity (Wildman–Crippen MR) is 94.1 cm³/mol. The largest absolute Gasteiger partial charge is 0.444 e. The fraction of sp³-hybridized carbons (Fsp3) is 0.944. The summed E-state index contributed by atoms with van der Waals surface area (Å²) < 4.78 is 4.58. The first-order valence-electron chi connectivity index (χ1n) is 9.11. The zero-order valence-corrected chi connectivity index (χ0v) is 15.1. The van der Waals surface area contributed by atoms with Crippen molar-refractivity contribution in [2.24, 2.45) is 5.73 Å². The minimum absolute atomic E-state index is 0.453. The van der Waals surface area contributed by atoms with E-state index >= 15 is 0 Å². The monoisotopic (exact) mass is 314 g/mol. The summed E-state index contributed by atoms with van der Waals surface area (Å²) in [7, 11) is 0. The molecule has 4 heteroatoms. The molecule has 1 aliphatic rings. The summed E-state index contributed by atoms with van der Waals surface area (Å²) in [6.07, 6.45) is 15.2. The molecule has 1 heterocycles. The third-order valence-corrected chi connectivity index (χ3v) is 3.61. The van der Waals surface area contributed by atoms with E-state index in [1.165, 1.54) is 83.7 Å². The van der Waals surface area contributed by atoms with Crippen LogP contribution < -0.4 is 11.1 Å². The van der Waals surface area contributed by atoms with Crippen molar-refractivity contribution < 1.29 is 9.53 Å². The Morgan fingerprint density at radius 1 is 0.773 bits per heavy atom. The number of amides is 1. The van der Waals surface area contributed by atoms with Gasteiger partial charge in [-0.2, -0.15) is 0 Å². The van der Waals surface area contributed by atoms with Gasteiger partial charge in [0, 0.05) is 0 Å². The highest BCUT2D eigenvalue weighted by atomic mass is 16.6. The molecule has 132 valence electrons. The van der Waals surface area contributed by atoms with Gasteiger partial charge >= 0.3 is 6.09 Å². The van der Waals surface area contributed by atoms with E-state index in [1.807, 2.05) is 0 Å². The molecule has 1 fully saturated rings. The van der Waals surface area contributed by atoms with Crippen LogP contribution in [0.15, 0.2) is 0 Å². The maximum atomic E-state index is 10.0. The number of nitrogens with two attached hydrogens (primary N) is 1. The molecule has 0 saturated carbocycles. The Labute approximate surface area is 137 Å². The molecule has 0 aromatic heterocycles. The van der Waals surface area contributed by atoms with Crippen molar-refractivity contribution in [3.63, 3.8) is 0 Å². The smallest absolute Gasteiger partial charge is 0.405 e. The Hall–Kier alpha value is -0.770. The van der Waals surface area contributed by atoms with Crippen molar-refractivity contribution in [1.82, 2.24) is 5.32 Å². The molecule has 4 nitrogen and oxygen atoms in total. The molecule has 0 aromatic carbocycles. The molecule has 1 rings (SSSR count). The quantitative estimate of drug-likeness (QED) is 0.677. The molecule has 0 aromatic rings. The zero-order valence-electron chi connectivity index (χ0n) is 15.1. The summed E-state index contributed by atoms with van der Waals surface area (Å²) >= 11 is 0. The normalized spacial score (nSPS) is 19.2. The van der Waals surface area contributed by atoms with Crippen LogP contribution in [0, 0.1) is 0 Å². The van der Waals surface area contributed by atoms with Crippen LogP contribution in [0.1, 0.15) is 91.4 Å². The Bertz CT molecular complexity index is 209. The minimum atomic E-state index is -0.725. The van der Waals surface area contributed by atoms with Crippen LogP contribution in [0.2, 0.25) is 0 Å². The Morgan fingerprint density at radius 3 is 1.32 bits per heavy atom. The number of hydrogen-bond acceptors (Lipinski definition) is 3. The molecule has 1 aliphatic heterocycles. The van der Waals surface area contributed by atoms with Crippen molar-refractivity contribution >= 4 is 6.09 Å². The van der Waals surface area contributed by atoms with Crippen LogP contribution in [-0.4, -0.2) is 24.8 Å². The maximum absolute atomic E-state index is 10.0. The highest BCUT2D eigenvalue weighted by Crippen LogP contribution is 2.11. The first-order chi connectivity index (χ1) is 10.4. The molecule has 0 aliphatic carbocycles. The number of rotatable bonds is 0. The average molecular weight is 315 g/mol. The zero-order chi connectivity index (χ0) is 16.7. The van der Waals surface area contributed by atoms with Gasteiger partial charge in [-0.05, 0) is 46.7 Å². The van der Waals surface area contributed by atoms with Crippen LogP contribution in [0.5, 0.6) is 0 Å². The molecular weight excluding hydrogens is 276 g/mol. The van der Waals surface area contributed by atoms with Gasteiger partial charge in [-0.25, -0.2) is 4.79 Å². The lowest BCUT2D eigenvalue weighted by Crippen LogP contribution is -2.27. The number of hydrogen-bond donors (Lipinski definition) is 2. The highest BCUT2D eigenvalue weighted by Gasteiger charge is 2.12. The van der Waals surface area contributed by atoms with Crippen molar-refractivity contribution in [3.05, 3.63) is 0 Å². The molecular formula is C18H38N2O2. The number of nitrogens with one attached hydrogen (secondary N) is 1. The second-order valence-corrected chi connectivity index (χ2v) is 7.17. The maximum Gasteiger partial charge on any atom is 0.405 e. The lowest BCUT2D eigenvalue weighted by Gasteiger charge is -2.16. The molecule has 3 N–H and O–H groups in total. The van der Waals surface area contributed by atoms with Crippen LogP contribution in [0.3, 0.4) is 0 Å². The Kier molecular flexibility index (Phi) is 13.4. The highest BCUT2D eigenvalue weighted by molar-refractivity contribution is 5.65. The molecule has 0 atom stereocenters. The molecule has 22 heavy (non-hydrogen) atoms. The lowest BCUT2D eigenvalue weighted by atomic mass is 10.1. The standard InChI is InChI=1S/C13H27N.C5H11NO2/c1-2-4-6-8-10-12-14-13-11-9-7-5-3-1;1-5(2,3)8-4(6)7/h14H,1-13H2;1-3H3,(H2,6,7). The summed E-state index contributed by atoms with van der Waals surface area (Å²) in [5.41, 5.74) is 4.26. The van der Waals surface area contributed by atoms with Crippen molar-refractivity contribution in [2.75, 3.05) is 13.1 Å². The van der Waals surface area contributed by atoms with Gasteiger partial charge in [0.1, 0.15) is 5.60 Å². The van der Waals surface area contributed by atoms with Gasteiger partial charge in [-0.1, -0.05) is 57.8 Å². The third kappa shape index (κ3) is 19.2. The van der Waals surface area contributed by atoms with Crippen molar-refractivity contribution in [3.8, 4) is 0 Å². The predicted octanol–water partition coefficient (Wildman–Crippen LogP) is 4.76. The van der Waals surface area contributed by atoms with Gasteiger partial charge in [0.2, 0.25) is 0 Å². The van der Waals surface area contributed by atoms with E-state index in [1.54, 1.807) is 20.8 Å². The van der Waals surface area contributed by atoms with E-state index in [0.717, 1.165) is 0 Å². The SMILES string of the molecule is C1CCCCCCNCCCCCC1.CC(C)(C)OC(N)=O. The van der Waals surface area contributed by atoms with Gasteiger partial charge in [0.05, 0.1) is 0 Å². The van der Waals surface area contributed by atoms with E-state index in [0.29, 0.717) is 0 Å². The van der Waals surface area contributed by atoms with E-state index in [-0.39, 0.29) is 0 Å². The first-order valence-corrected chi connectivity index (χ1v) is 9.11.